The fourth-order valence-corrected chi connectivity index (χ4v) is 3.18. The molecule has 118 valence electrons. The van der Waals surface area contributed by atoms with Crippen molar-refractivity contribution >= 4 is 23.4 Å². The number of hydrogen-bond donors (Lipinski definition) is 0. The van der Waals surface area contributed by atoms with E-state index in [1.54, 1.807) is 30.4 Å². The van der Waals surface area contributed by atoms with Gasteiger partial charge in [0.15, 0.2) is 11.0 Å². The van der Waals surface area contributed by atoms with Crippen molar-refractivity contribution in [2.45, 2.75) is 17.5 Å². The summed E-state index contributed by atoms with van der Waals surface area (Å²) < 4.78 is 3.88. The molecule has 0 atom stereocenters. The van der Waals surface area contributed by atoms with E-state index in [0.29, 0.717) is 17.5 Å². The first kappa shape index (κ1) is 15.8. The van der Waals surface area contributed by atoms with Crippen molar-refractivity contribution in [1.82, 2.24) is 29.3 Å². The van der Waals surface area contributed by atoms with Gasteiger partial charge in [0.2, 0.25) is 0 Å². The van der Waals surface area contributed by atoms with Gasteiger partial charge >= 0.3 is 0 Å². The van der Waals surface area contributed by atoms with E-state index < -0.39 is 0 Å². The molecule has 0 aliphatic heterocycles. The van der Waals surface area contributed by atoms with Crippen LogP contribution in [0.2, 0.25) is 5.15 Å². The summed E-state index contributed by atoms with van der Waals surface area (Å²) in [5.74, 6) is 2.35. The lowest BCUT2D eigenvalue weighted by Crippen LogP contribution is -2.02. The van der Waals surface area contributed by atoms with Crippen molar-refractivity contribution < 1.29 is 0 Å². The van der Waals surface area contributed by atoms with Gasteiger partial charge in [0.1, 0.15) is 11.0 Å². The number of nitrogens with zero attached hydrogens (tertiary/aromatic N) is 6. The molecule has 23 heavy (non-hydrogen) atoms. The van der Waals surface area contributed by atoms with Crippen LogP contribution in [-0.4, -0.2) is 29.3 Å². The molecule has 6 nitrogen and oxygen atoms in total. The van der Waals surface area contributed by atoms with Crippen molar-refractivity contribution in [3.8, 4) is 11.4 Å². The molecule has 3 heterocycles. The standard InChI is InChI=1S/C15H15ClN6S/c1-3-8-22-14(11-4-6-17-7-5-11)19-20-15(22)23-10-13-18-9-12(16)21(13)2/h3-7,9H,1,8,10H2,2H3. The Morgan fingerprint density at radius 1 is 1.30 bits per heavy atom. The second-order valence-electron chi connectivity index (χ2n) is 4.79. The smallest absolute Gasteiger partial charge is 0.192 e. The Kier molecular flexibility index (Phi) is 4.78. The minimum Gasteiger partial charge on any atom is -0.322 e. The molecule has 3 aromatic rings. The van der Waals surface area contributed by atoms with E-state index in [1.165, 1.54) is 0 Å². The summed E-state index contributed by atoms with van der Waals surface area (Å²) in [7, 11) is 1.89. The zero-order valence-corrected chi connectivity index (χ0v) is 14.1. The van der Waals surface area contributed by atoms with E-state index >= 15 is 0 Å². The van der Waals surface area contributed by atoms with E-state index in [9.17, 15) is 0 Å². The van der Waals surface area contributed by atoms with Gasteiger partial charge in [0.25, 0.3) is 0 Å². The third-order valence-electron chi connectivity index (χ3n) is 3.33. The van der Waals surface area contributed by atoms with Gasteiger partial charge in [-0.3, -0.25) is 9.55 Å². The minimum absolute atomic E-state index is 0.616. The second kappa shape index (κ2) is 6.97. The molecular weight excluding hydrogens is 332 g/mol. The van der Waals surface area contributed by atoms with Gasteiger partial charge in [-0.2, -0.15) is 0 Å². The molecule has 0 fully saturated rings. The fraction of sp³-hybridized carbons (Fsp3) is 0.200. The minimum atomic E-state index is 0.616. The molecule has 3 rings (SSSR count). The Morgan fingerprint density at radius 3 is 2.74 bits per heavy atom. The topological polar surface area (TPSA) is 61.4 Å². The highest BCUT2D eigenvalue weighted by Gasteiger charge is 2.14. The van der Waals surface area contributed by atoms with Crippen LogP contribution < -0.4 is 0 Å². The van der Waals surface area contributed by atoms with Crippen LogP contribution in [0.5, 0.6) is 0 Å². The first-order valence-corrected chi connectivity index (χ1v) is 8.30. The fourth-order valence-electron chi connectivity index (χ4n) is 2.09. The summed E-state index contributed by atoms with van der Waals surface area (Å²) in [6, 6.07) is 3.83. The van der Waals surface area contributed by atoms with Crippen molar-refractivity contribution in [2.75, 3.05) is 0 Å². The first-order chi connectivity index (χ1) is 11.2. The van der Waals surface area contributed by atoms with Crippen LogP contribution in [0.25, 0.3) is 11.4 Å². The average Bonchev–Trinajstić information content (AvgIpc) is 3.12. The molecular formula is C15H15ClN6S. The Labute approximate surface area is 143 Å². The van der Waals surface area contributed by atoms with E-state index in [2.05, 4.69) is 26.7 Å². The van der Waals surface area contributed by atoms with Gasteiger partial charge in [-0.05, 0) is 12.1 Å². The Hall–Kier alpha value is -2.12. The third-order valence-corrected chi connectivity index (χ3v) is 4.64. The molecule has 0 spiro atoms. The molecule has 0 aliphatic carbocycles. The Bertz CT molecular complexity index is 811. The average molecular weight is 347 g/mol. The molecule has 0 N–H and O–H groups in total. The third kappa shape index (κ3) is 3.30. The zero-order chi connectivity index (χ0) is 16.2. The number of imidazole rings is 1. The number of allylic oxidation sites excluding steroid dienone is 1. The highest BCUT2D eigenvalue weighted by Crippen LogP contribution is 2.26. The molecule has 0 amide bonds. The number of aromatic nitrogens is 6. The molecule has 0 unspecified atom stereocenters. The number of halogens is 1. The van der Waals surface area contributed by atoms with Gasteiger partial charge in [0, 0.05) is 31.5 Å². The van der Waals surface area contributed by atoms with E-state index in [-0.39, 0.29) is 0 Å². The van der Waals surface area contributed by atoms with E-state index in [4.69, 9.17) is 11.6 Å². The van der Waals surface area contributed by atoms with Crippen LogP contribution in [0.3, 0.4) is 0 Å². The number of hydrogen-bond acceptors (Lipinski definition) is 5. The molecule has 3 aromatic heterocycles. The van der Waals surface area contributed by atoms with Crippen molar-refractivity contribution in [1.29, 1.82) is 0 Å². The monoisotopic (exact) mass is 346 g/mol. The molecule has 0 radical (unpaired) electrons. The van der Waals surface area contributed by atoms with E-state index in [0.717, 1.165) is 22.4 Å². The number of rotatable bonds is 6. The van der Waals surface area contributed by atoms with Gasteiger partial charge in [0.05, 0.1) is 11.9 Å². The SMILES string of the molecule is C=CCn1c(SCc2ncc(Cl)n2C)nnc1-c1ccncc1. The van der Waals surface area contributed by atoms with Crippen molar-refractivity contribution in [2.24, 2.45) is 7.05 Å². The van der Waals surface area contributed by atoms with E-state index in [1.807, 2.05) is 34.4 Å². The highest BCUT2D eigenvalue weighted by atomic mass is 35.5. The summed E-state index contributed by atoms with van der Waals surface area (Å²) in [4.78, 5) is 8.33. The Balaban J connectivity index is 1.86. The summed E-state index contributed by atoms with van der Waals surface area (Å²) in [6.45, 7) is 4.45. The molecule has 0 aromatic carbocycles. The van der Waals surface area contributed by atoms with Crippen molar-refractivity contribution in [3.05, 3.63) is 54.4 Å². The van der Waals surface area contributed by atoms with Gasteiger partial charge in [-0.15, -0.1) is 16.8 Å². The van der Waals surface area contributed by atoms with Gasteiger partial charge in [-0.25, -0.2) is 4.98 Å². The molecule has 0 saturated heterocycles. The first-order valence-electron chi connectivity index (χ1n) is 6.94. The van der Waals surface area contributed by atoms with Crippen molar-refractivity contribution in [3.63, 3.8) is 0 Å². The summed E-state index contributed by atoms with van der Waals surface area (Å²) in [6.07, 6.45) is 6.96. The van der Waals surface area contributed by atoms with Crippen LogP contribution in [0, 0.1) is 0 Å². The van der Waals surface area contributed by atoms with Crippen LogP contribution in [0.15, 0.2) is 48.5 Å². The van der Waals surface area contributed by atoms with Crippen LogP contribution >= 0.6 is 23.4 Å². The number of pyridine rings is 1. The maximum absolute atomic E-state index is 6.02. The highest BCUT2D eigenvalue weighted by molar-refractivity contribution is 7.98. The molecule has 8 heteroatoms. The van der Waals surface area contributed by atoms with Gasteiger partial charge < -0.3 is 4.57 Å². The van der Waals surface area contributed by atoms with Gasteiger partial charge in [-0.1, -0.05) is 29.4 Å². The lowest BCUT2D eigenvalue weighted by atomic mass is 10.2. The quantitative estimate of drug-likeness (QED) is 0.506. The van der Waals surface area contributed by atoms with Crippen LogP contribution in [-0.2, 0) is 19.3 Å². The number of thioether (sulfide) groups is 1. The van der Waals surface area contributed by atoms with Crippen LogP contribution in [0.4, 0.5) is 0 Å². The maximum atomic E-state index is 6.02. The summed E-state index contributed by atoms with van der Waals surface area (Å²) in [5.41, 5.74) is 0.973. The summed E-state index contributed by atoms with van der Waals surface area (Å²) in [5, 5.41) is 10.0. The molecule has 0 aliphatic rings. The Morgan fingerprint density at radius 2 is 2.09 bits per heavy atom. The predicted octanol–water partition coefficient (Wildman–Crippen LogP) is 3.21. The lowest BCUT2D eigenvalue weighted by molar-refractivity contribution is 0.729. The maximum Gasteiger partial charge on any atom is 0.192 e. The van der Waals surface area contributed by atoms with Crippen LogP contribution in [0.1, 0.15) is 5.82 Å². The molecule has 0 saturated carbocycles. The second-order valence-corrected chi connectivity index (χ2v) is 6.12. The predicted molar refractivity (Wildman–Crippen MR) is 91.2 cm³/mol. The lowest BCUT2D eigenvalue weighted by Gasteiger charge is -2.07. The summed E-state index contributed by atoms with van der Waals surface area (Å²) >= 11 is 7.58. The zero-order valence-electron chi connectivity index (χ0n) is 12.6. The molecule has 0 bridgehead atoms. The normalized spacial score (nSPS) is 10.9. The largest absolute Gasteiger partial charge is 0.322 e.